The molecular formula is C14H24N2O4. The molecule has 1 aliphatic heterocycles. The second-order valence-electron chi connectivity index (χ2n) is 6.62. The molecule has 0 bridgehead atoms. The van der Waals surface area contributed by atoms with Crippen LogP contribution in [0.5, 0.6) is 0 Å². The molecule has 0 aromatic rings. The number of ether oxygens (including phenoxy) is 1. The van der Waals surface area contributed by atoms with E-state index >= 15 is 0 Å². The minimum absolute atomic E-state index is 0.0653. The van der Waals surface area contributed by atoms with Crippen molar-refractivity contribution >= 4 is 6.09 Å². The molecule has 2 atom stereocenters. The average molecular weight is 284 g/mol. The molecule has 1 rings (SSSR count). The van der Waals surface area contributed by atoms with Crippen LogP contribution in [0.15, 0.2) is 12.3 Å². The van der Waals surface area contributed by atoms with Crippen molar-refractivity contribution in [3.05, 3.63) is 22.4 Å². The van der Waals surface area contributed by atoms with Crippen molar-refractivity contribution in [3.8, 4) is 0 Å². The van der Waals surface area contributed by atoms with E-state index < -0.39 is 17.7 Å². The first kappa shape index (κ1) is 16.5. The highest BCUT2D eigenvalue weighted by atomic mass is 16.6. The Morgan fingerprint density at radius 2 is 2.10 bits per heavy atom. The summed E-state index contributed by atoms with van der Waals surface area (Å²) in [5.74, 6) is 0.240. The van der Waals surface area contributed by atoms with E-state index in [-0.39, 0.29) is 17.4 Å². The van der Waals surface area contributed by atoms with E-state index in [1.807, 2.05) is 13.8 Å². The molecule has 0 N–H and O–H groups in total. The maximum atomic E-state index is 11.9. The zero-order valence-electron chi connectivity index (χ0n) is 12.8. The first-order valence-corrected chi connectivity index (χ1v) is 6.91. The number of carbonyl (C=O) groups excluding carboxylic acids is 1. The van der Waals surface area contributed by atoms with E-state index in [1.165, 1.54) is 4.90 Å². The minimum Gasteiger partial charge on any atom is -0.443 e. The predicted molar refractivity (Wildman–Crippen MR) is 75.8 cm³/mol. The van der Waals surface area contributed by atoms with Crippen LogP contribution < -0.4 is 0 Å². The maximum absolute atomic E-state index is 11.9. The third-order valence-corrected chi connectivity index (χ3v) is 3.03. The number of hydrogen-bond donors (Lipinski definition) is 0. The topological polar surface area (TPSA) is 72.7 Å². The van der Waals surface area contributed by atoms with Crippen LogP contribution in [0.3, 0.4) is 0 Å². The first-order chi connectivity index (χ1) is 9.10. The van der Waals surface area contributed by atoms with Gasteiger partial charge in [-0.2, -0.15) is 0 Å². The number of carbonyl (C=O) groups is 1. The summed E-state index contributed by atoms with van der Waals surface area (Å²) in [4.78, 5) is 24.1. The predicted octanol–water partition coefficient (Wildman–Crippen LogP) is 3.06. The van der Waals surface area contributed by atoms with Crippen molar-refractivity contribution in [3.63, 3.8) is 0 Å². The molecule has 0 aromatic heterocycles. The second-order valence-corrected chi connectivity index (χ2v) is 6.62. The smallest absolute Gasteiger partial charge is 0.414 e. The molecule has 114 valence electrons. The Bertz CT molecular complexity index is 398. The fourth-order valence-corrected chi connectivity index (χ4v) is 2.20. The monoisotopic (exact) mass is 284 g/mol. The average Bonchev–Trinajstić information content (AvgIpc) is 2.25. The highest BCUT2D eigenvalue weighted by molar-refractivity contribution is 5.69. The fraction of sp³-hybridized carbons (Fsp3) is 0.786. The highest BCUT2D eigenvalue weighted by Crippen LogP contribution is 2.25. The van der Waals surface area contributed by atoms with Gasteiger partial charge in [-0.1, -0.05) is 19.9 Å². The van der Waals surface area contributed by atoms with Gasteiger partial charge in [-0.05, 0) is 33.1 Å². The summed E-state index contributed by atoms with van der Waals surface area (Å²) in [5, 5.41) is 11.2. The molecule has 1 amide bonds. The zero-order chi connectivity index (χ0) is 15.5. The molecule has 0 saturated heterocycles. The van der Waals surface area contributed by atoms with Gasteiger partial charge in [-0.15, -0.1) is 0 Å². The summed E-state index contributed by atoms with van der Waals surface area (Å²) in [6.07, 6.45) is 3.57. The Hall–Kier alpha value is -1.59. The van der Waals surface area contributed by atoms with Crippen molar-refractivity contribution in [2.24, 2.45) is 11.8 Å². The Labute approximate surface area is 119 Å². The molecule has 0 spiro atoms. The van der Waals surface area contributed by atoms with Gasteiger partial charge in [0.1, 0.15) is 5.60 Å². The van der Waals surface area contributed by atoms with Gasteiger partial charge in [0.15, 0.2) is 0 Å². The number of nitrogens with zero attached hydrogens (tertiary/aromatic N) is 2. The molecular weight excluding hydrogens is 260 g/mol. The Kier molecular flexibility index (Phi) is 5.14. The minimum atomic E-state index is -0.769. The largest absolute Gasteiger partial charge is 0.443 e. The molecule has 0 saturated carbocycles. The van der Waals surface area contributed by atoms with E-state index in [0.717, 1.165) is 6.42 Å². The van der Waals surface area contributed by atoms with Crippen LogP contribution in [-0.2, 0) is 4.74 Å². The molecule has 1 aliphatic rings. The molecule has 0 unspecified atom stereocenters. The lowest BCUT2D eigenvalue weighted by molar-refractivity contribution is -0.530. The normalized spacial score (nSPS) is 23.0. The lowest BCUT2D eigenvalue weighted by atomic mass is 9.88. The van der Waals surface area contributed by atoms with Gasteiger partial charge >= 0.3 is 6.09 Å². The number of nitro groups is 1. The van der Waals surface area contributed by atoms with E-state index in [9.17, 15) is 14.9 Å². The van der Waals surface area contributed by atoms with Gasteiger partial charge in [0.05, 0.1) is 6.54 Å². The number of amides is 1. The molecule has 6 heteroatoms. The van der Waals surface area contributed by atoms with E-state index in [4.69, 9.17) is 4.74 Å². The Morgan fingerprint density at radius 3 is 2.55 bits per heavy atom. The van der Waals surface area contributed by atoms with E-state index in [1.54, 1.807) is 33.0 Å². The molecule has 0 aliphatic carbocycles. The summed E-state index contributed by atoms with van der Waals surface area (Å²) in [7, 11) is 0. The van der Waals surface area contributed by atoms with Gasteiger partial charge in [0.2, 0.25) is 6.04 Å². The van der Waals surface area contributed by atoms with Gasteiger partial charge in [0, 0.05) is 17.0 Å². The Balaban J connectivity index is 2.80. The van der Waals surface area contributed by atoms with Crippen LogP contribution in [0.2, 0.25) is 0 Å². The highest BCUT2D eigenvalue weighted by Gasteiger charge is 2.37. The molecule has 0 fully saturated rings. The van der Waals surface area contributed by atoms with Gasteiger partial charge in [-0.25, -0.2) is 4.79 Å². The molecule has 1 heterocycles. The molecule has 0 radical (unpaired) electrons. The van der Waals surface area contributed by atoms with Gasteiger partial charge in [0.25, 0.3) is 0 Å². The van der Waals surface area contributed by atoms with E-state index in [2.05, 4.69) is 0 Å². The molecule has 0 aromatic carbocycles. The van der Waals surface area contributed by atoms with Gasteiger partial charge < -0.3 is 4.74 Å². The van der Waals surface area contributed by atoms with Crippen molar-refractivity contribution in [1.82, 2.24) is 4.90 Å². The Morgan fingerprint density at radius 1 is 1.50 bits per heavy atom. The molecule has 20 heavy (non-hydrogen) atoms. The van der Waals surface area contributed by atoms with Gasteiger partial charge in [-0.3, -0.25) is 15.0 Å². The third-order valence-electron chi connectivity index (χ3n) is 3.03. The maximum Gasteiger partial charge on any atom is 0.414 e. The first-order valence-electron chi connectivity index (χ1n) is 6.91. The lowest BCUT2D eigenvalue weighted by Gasteiger charge is -2.31. The lowest BCUT2D eigenvalue weighted by Crippen LogP contribution is -2.46. The number of hydrogen-bond acceptors (Lipinski definition) is 4. The zero-order valence-corrected chi connectivity index (χ0v) is 12.8. The molecule has 6 nitrogen and oxygen atoms in total. The summed E-state index contributed by atoms with van der Waals surface area (Å²) in [6.45, 7) is 9.44. The second kappa shape index (κ2) is 6.24. The van der Waals surface area contributed by atoms with Crippen LogP contribution in [-0.4, -0.2) is 34.1 Å². The SMILES string of the molecule is CC(C)C[C@@H]1C=CN(C(=O)OC(C)(C)C)C[C@H]1[N+](=O)[O-]. The van der Waals surface area contributed by atoms with Crippen molar-refractivity contribution in [2.75, 3.05) is 6.54 Å². The summed E-state index contributed by atoms with van der Waals surface area (Å²) < 4.78 is 5.23. The summed E-state index contributed by atoms with van der Waals surface area (Å²) in [6, 6.07) is -0.769. The van der Waals surface area contributed by atoms with E-state index in [0.29, 0.717) is 5.92 Å². The van der Waals surface area contributed by atoms with Crippen molar-refractivity contribution in [2.45, 2.75) is 52.7 Å². The standard InChI is InChI=1S/C14H24N2O4/c1-10(2)8-11-6-7-15(9-12(11)16(18)19)13(17)20-14(3,4)5/h6-7,10-12H,8-9H2,1-5H3/t11-,12+/m0/s1. The summed E-state index contributed by atoms with van der Waals surface area (Å²) in [5.41, 5.74) is -0.607. The van der Waals surface area contributed by atoms with Crippen LogP contribution in [0.4, 0.5) is 4.79 Å². The van der Waals surface area contributed by atoms with Crippen LogP contribution >= 0.6 is 0 Å². The summed E-state index contributed by atoms with van der Waals surface area (Å²) >= 11 is 0. The van der Waals surface area contributed by atoms with Crippen LogP contribution in [0.1, 0.15) is 41.0 Å². The number of rotatable bonds is 3. The van der Waals surface area contributed by atoms with Crippen LogP contribution in [0.25, 0.3) is 0 Å². The fourth-order valence-electron chi connectivity index (χ4n) is 2.20. The quantitative estimate of drug-likeness (QED) is 0.589. The van der Waals surface area contributed by atoms with Crippen LogP contribution in [0, 0.1) is 22.0 Å². The van der Waals surface area contributed by atoms with Crippen molar-refractivity contribution in [1.29, 1.82) is 0 Å². The third kappa shape index (κ3) is 4.83. The van der Waals surface area contributed by atoms with Crippen molar-refractivity contribution < 1.29 is 14.5 Å².